The van der Waals surface area contributed by atoms with E-state index in [9.17, 15) is 4.79 Å². The maximum atomic E-state index is 12.5. The number of hydrogen-bond acceptors (Lipinski definition) is 4. The van der Waals surface area contributed by atoms with Gasteiger partial charge in [-0.15, -0.1) is 0 Å². The molecule has 1 saturated heterocycles. The fourth-order valence-electron chi connectivity index (χ4n) is 2.76. The Kier molecular flexibility index (Phi) is 5.24. The molecule has 22 heavy (non-hydrogen) atoms. The molecule has 0 aromatic carbocycles. The summed E-state index contributed by atoms with van der Waals surface area (Å²) in [5, 5.41) is 7.43. The molecule has 0 saturated carbocycles. The summed E-state index contributed by atoms with van der Waals surface area (Å²) < 4.78 is 12.6. The van der Waals surface area contributed by atoms with Gasteiger partial charge in [0.15, 0.2) is 0 Å². The SMILES string of the molecule is CO[C@H](CNC(=O)c1cn(C)nc1[C@H]1CCOC1)C(C)(C)C. The van der Waals surface area contributed by atoms with Crippen LogP contribution in [0.2, 0.25) is 0 Å². The molecule has 0 spiro atoms. The van der Waals surface area contributed by atoms with Gasteiger partial charge in [0.05, 0.1) is 24.0 Å². The van der Waals surface area contributed by atoms with Gasteiger partial charge in [0, 0.05) is 39.4 Å². The van der Waals surface area contributed by atoms with E-state index in [0.717, 1.165) is 18.7 Å². The van der Waals surface area contributed by atoms with Gasteiger partial charge in [0.1, 0.15) is 0 Å². The van der Waals surface area contributed by atoms with E-state index in [0.29, 0.717) is 18.7 Å². The molecule has 0 radical (unpaired) electrons. The maximum Gasteiger partial charge on any atom is 0.254 e. The Morgan fingerprint density at radius 2 is 2.32 bits per heavy atom. The summed E-state index contributed by atoms with van der Waals surface area (Å²) >= 11 is 0. The number of nitrogens with one attached hydrogen (secondary N) is 1. The summed E-state index contributed by atoms with van der Waals surface area (Å²) in [6.45, 7) is 8.14. The topological polar surface area (TPSA) is 65.4 Å². The molecule has 1 fully saturated rings. The molecular formula is C16H27N3O3. The van der Waals surface area contributed by atoms with E-state index < -0.39 is 0 Å². The van der Waals surface area contributed by atoms with E-state index in [1.807, 2.05) is 7.05 Å². The summed E-state index contributed by atoms with van der Waals surface area (Å²) in [7, 11) is 3.51. The van der Waals surface area contributed by atoms with Crippen molar-refractivity contribution in [1.82, 2.24) is 15.1 Å². The van der Waals surface area contributed by atoms with Crippen molar-refractivity contribution >= 4 is 5.91 Å². The summed E-state index contributed by atoms with van der Waals surface area (Å²) in [6, 6.07) is 0. The van der Waals surface area contributed by atoms with Crippen LogP contribution in [0.4, 0.5) is 0 Å². The predicted octanol–water partition coefficient (Wildman–Crippen LogP) is 1.71. The number of aryl methyl sites for hydroxylation is 1. The highest BCUT2D eigenvalue weighted by atomic mass is 16.5. The molecular weight excluding hydrogens is 282 g/mol. The van der Waals surface area contributed by atoms with Crippen LogP contribution >= 0.6 is 0 Å². The molecule has 1 aliphatic heterocycles. The van der Waals surface area contributed by atoms with Crippen LogP contribution in [0.25, 0.3) is 0 Å². The fourth-order valence-corrected chi connectivity index (χ4v) is 2.76. The van der Waals surface area contributed by atoms with Gasteiger partial charge in [0.25, 0.3) is 5.91 Å². The second-order valence-corrected chi connectivity index (χ2v) is 6.96. The van der Waals surface area contributed by atoms with E-state index in [-0.39, 0.29) is 23.3 Å². The Labute approximate surface area is 132 Å². The van der Waals surface area contributed by atoms with Crippen molar-refractivity contribution in [1.29, 1.82) is 0 Å². The molecule has 1 N–H and O–H groups in total. The lowest BCUT2D eigenvalue weighted by Crippen LogP contribution is -2.40. The van der Waals surface area contributed by atoms with Gasteiger partial charge in [-0.05, 0) is 11.8 Å². The minimum atomic E-state index is -0.0960. The quantitative estimate of drug-likeness (QED) is 0.899. The van der Waals surface area contributed by atoms with Crippen LogP contribution in [-0.4, -0.2) is 48.7 Å². The Bertz CT molecular complexity index is 513. The average Bonchev–Trinajstić information content (AvgIpc) is 3.06. The molecule has 1 aromatic heterocycles. The molecule has 1 aromatic rings. The van der Waals surface area contributed by atoms with E-state index >= 15 is 0 Å². The van der Waals surface area contributed by atoms with Crippen molar-refractivity contribution in [2.45, 2.75) is 39.2 Å². The number of hydrogen-bond donors (Lipinski definition) is 1. The maximum absolute atomic E-state index is 12.5. The summed E-state index contributed by atoms with van der Waals surface area (Å²) in [6.07, 6.45) is 2.66. The molecule has 2 heterocycles. The van der Waals surface area contributed by atoms with Crippen molar-refractivity contribution in [3.05, 3.63) is 17.5 Å². The number of carbonyl (C=O) groups is 1. The van der Waals surface area contributed by atoms with Gasteiger partial charge < -0.3 is 14.8 Å². The lowest BCUT2D eigenvalue weighted by molar-refractivity contribution is 0.0175. The van der Waals surface area contributed by atoms with Crippen molar-refractivity contribution in [3.63, 3.8) is 0 Å². The van der Waals surface area contributed by atoms with E-state index in [1.165, 1.54) is 0 Å². The highest BCUT2D eigenvalue weighted by Crippen LogP contribution is 2.27. The van der Waals surface area contributed by atoms with Crippen LogP contribution in [0.3, 0.4) is 0 Å². The minimum Gasteiger partial charge on any atom is -0.381 e. The fraction of sp³-hybridized carbons (Fsp3) is 0.750. The van der Waals surface area contributed by atoms with Gasteiger partial charge in [-0.2, -0.15) is 5.10 Å². The van der Waals surface area contributed by atoms with Gasteiger partial charge in [-0.1, -0.05) is 20.8 Å². The van der Waals surface area contributed by atoms with Gasteiger partial charge >= 0.3 is 0 Å². The number of carbonyl (C=O) groups excluding carboxylic acids is 1. The summed E-state index contributed by atoms with van der Waals surface area (Å²) in [4.78, 5) is 12.5. The number of aromatic nitrogens is 2. The summed E-state index contributed by atoms with van der Waals surface area (Å²) in [5.74, 6) is 0.115. The Morgan fingerprint density at radius 1 is 1.59 bits per heavy atom. The monoisotopic (exact) mass is 309 g/mol. The van der Waals surface area contributed by atoms with Crippen molar-refractivity contribution in [2.75, 3.05) is 26.9 Å². The van der Waals surface area contributed by atoms with Crippen LogP contribution in [0.1, 0.15) is 49.2 Å². The molecule has 1 aliphatic rings. The molecule has 2 atom stereocenters. The Balaban J connectivity index is 2.06. The zero-order chi connectivity index (χ0) is 16.3. The van der Waals surface area contributed by atoms with Crippen molar-refractivity contribution in [2.24, 2.45) is 12.5 Å². The molecule has 1 amide bonds. The molecule has 124 valence electrons. The Morgan fingerprint density at radius 3 is 2.86 bits per heavy atom. The Hall–Kier alpha value is -1.40. The number of amides is 1. The molecule has 0 unspecified atom stereocenters. The van der Waals surface area contributed by atoms with Crippen molar-refractivity contribution in [3.8, 4) is 0 Å². The zero-order valence-corrected chi connectivity index (χ0v) is 14.2. The first kappa shape index (κ1) is 17.0. The molecule has 0 bridgehead atoms. The minimum absolute atomic E-state index is 0.0287. The smallest absolute Gasteiger partial charge is 0.254 e. The third-order valence-corrected chi connectivity index (χ3v) is 4.12. The van der Waals surface area contributed by atoms with Gasteiger partial charge in [-0.3, -0.25) is 9.48 Å². The van der Waals surface area contributed by atoms with Crippen LogP contribution in [0.15, 0.2) is 6.20 Å². The van der Waals surface area contributed by atoms with Gasteiger partial charge in [-0.25, -0.2) is 0 Å². The lowest BCUT2D eigenvalue weighted by atomic mass is 9.89. The second-order valence-electron chi connectivity index (χ2n) is 6.96. The van der Waals surface area contributed by atoms with E-state index in [1.54, 1.807) is 18.0 Å². The summed E-state index contributed by atoms with van der Waals surface area (Å²) in [5.41, 5.74) is 1.45. The van der Waals surface area contributed by atoms with Crippen molar-refractivity contribution < 1.29 is 14.3 Å². The standard InChI is InChI=1S/C16H27N3O3/c1-16(2,3)13(21-5)8-17-15(20)12-9-19(4)18-14(12)11-6-7-22-10-11/h9,11,13H,6-8,10H2,1-5H3,(H,17,20)/t11-,13+/m0/s1. The zero-order valence-electron chi connectivity index (χ0n) is 14.2. The first-order valence-electron chi connectivity index (χ1n) is 7.75. The first-order chi connectivity index (χ1) is 10.3. The number of rotatable bonds is 5. The highest BCUT2D eigenvalue weighted by Gasteiger charge is 2.28. The van der Waals surface area contributed by atoms with E-state index in [4.69, 9.17) is 9.47 Å². The van der Waals surface area contributed by atoms with Crippen LogP contribution in [-0.2, 0) is 16.5 Å². The third-order valence-electron chi connectivity index (χ3n) is 4.12. The molecule has 2 rings (SSSR count). The third kappa shape index (κ3) is 3.87. The van der Waals surface area contributed by atoms with Crippen LogP contribution in [0, 0.1) is 5.41 Å². The number of methoxy groups -OCH3 is 1. The van der Waals surface area contributed by atoms with Crippen LogP contribution in [0.5, 0.6) is 0 Å². The largest absolute Gasteiger partial charge is 0.381 e. The normalized spacial score (nSPS) is 20.1. The molecule has 6 heteroatoms. The average molecular weight is 309 g/mol. The second kappa shape index (κ2) is 6.79. The first-order valence-corrected chi connectivity index (χ1v) is 7.75. The lowest BCUT2D eigenvalue weighted by Gasteiger charge is -2.29. The molecule has 6 nitrogen and oxygen atoms in total. The van der Waals surface area contributed by atoms with Gasteiger partial charge in [0.2, 0.25) is 0 Å². The molecule has 0 aliphatic carbocycles. The van der Waals surface area contributed by atoms with Crippen LogP contribution < -0.4 is 5.32 Å². The number of nitrogens with zero attached hydrogens (tertiary/aromatic N) is 2. The number of ether oxygens (including phenoxy) is 2. The van der Waals surface area contributed by atoms with E-state index in [2.05, 4.69) is 31.2 Å². The predicted molar refractivity (Wildman–Crippen MR) is 84.0 cm³/mol. The highest BCUT2D eigenvalue weighted by molar-refractivity contribution is 5.95.